The molecule has 1 N–H and O–H groups in total. The molecule has 0 heterocycles. The van der Waals surface area contributed by atoms with Crippen LogP contribution in [0.15, 0.2) is 11.8 Å². The van der Waals surface area contributed by atoms with Gasteiger partial charge in [-0.25, -0.2) is 0 Å². The van der Waals surface area contributed by atoms with Gasteiger partial charge in [0.1, 0.15) is 0 Å². The van der Waals surface area contributed by atoms with Crippen LogP contribution in [-0.2, 0) is 4.74 Å². The number of hydrogen-bond acceptors (Lipinski definition) is 2. The summed E-state index contributed by atoms with van der Waals surface area (Å²) in [6.07, 6.45) is 1.51. The van der Waals surface area contributed by atoms with Crippen LogP contribution in [0.5, 0.6) is 0 Å². The first-order valence-corrected chi connectivity index (χ1v) is 2.10. The van der Waals surface area contributed by atoms with Crippen LogP contribution in [0.4, 0.5) is 0 Å². The summed E-state index contributed by atoms with van der Waals surface area (Å²) in [5.41, 5.74) is 0.836. The van der Waals surface area contributed by atoms with E-state index in [9.17, 15) is 0 Å². The lowest BCUT2D eigenvalue weighted by Crippen LogP contribution is -1.83. The second-order valence-corrected chi connectivity index (χ2v) is 1.36. The van der Waals surface area contributed by atoms with E-state index in [2.05, 4.69) is 4.74 Å². The normalized spacial score (nSPS) is 11.6. The molecule has 0 spiro atoms. The van der Waals surface area contributed by atoms with Crippen LogP contribution < -0.4 is 0 Å². The van der Waals surface area contributed by atoms with Crippen molar-refractivity contribution in [2.75, 3.05) is 13.7 Å². The van der Waals surface area contributed by atoms with Crippen LogP contribution in [0.3, 0.4) is 0 Å². The fraction of sp³-hybridized carbons (Fsp3) is 0.600. The summed E-state index contributed by atoms with van der Waals surface area (Å²) in [4.78, 5) is 0. The highest BCUT2D eigenvalue weighted by Gasteiger charge is 1.79. The molecule has 2 nitrogen and oxygen atoms in total. The molecule has 7 heavy (non-hydrogen) atoms. The zero-order chi connectivity index (χ0) is 5.70. The molecule has 0 atom stereocenters. The zero-order valence-electron chi connectivity index (χ0n) is 4.64. The lowest BCUT2D eigenvalue weighted by Gasteiger charge is -1.90. The average molecular weight is 102 g/mol. The second-order valence-electron chi connectivity index (χ2n) is 1.36. The van der Waals surface area contributed by atoms with Crippen molar-refractivity contribution in [1.82, 2.24) is 0 Å². The lowest BCUT2D eigenvalue weighted by atomic mass is 10.4. The van der Waals surface area contributed by atoms with Gasteiger partial charge in [-0.2, -0.15) is 0 Å². The molecule has 0 aromatic rings. The van der Waals surface area contributed by atoms with Crippen LogP contribution >= 0.6 is 0 Å². The van der Waals surface area contributed by atoms with Crippen molar-refractivity contribution in [1.29, 1.82) is 0 Å². The number of ether oxygens (including phenoxy) is 1. The third kappa shape index (κ3) is 3.33. The van der Waals surface area contributed by atoms with Gasteiger partial charge >= 0.3 is 0 Å². The summed E-state index contributed by atoms with van der Waals surface area (Å²) in [5, 5.41) is 8.32. The van der Waals surface area contributed by atoms with Crippen molar-refractivity contribution in [2.45, 2.75) is 6.92 Å². The van der Waals surface area contributed by atoms with E-state index in [0.29, 0.717) is 0 Å². The molecule has 0 rings (SSSR count). The molecule has 0 bridgehead atoms. The Bertz CT molecular complexity index is 66.5. The molecule has 0 saturated heterocycles. The molecule has 2 heteroatoms. The fourth-order valence-corrected chi connectivity index (χ4v) is 0.238. The number of methoxy groups -OCH3 is 1. The number of aliphatic hydroxyl groups excluding tert-OH is 1. The Hall–Kier alpha value is -0.500. The summed E-state index contributed by atoms with van der Waals surface area (Å²) in [6.45, 7) is 1.87. The van der Waals surface area contributed by atoms with Gasteiger partial charge in [0, 0.05) is 0 Å². The van der Waals surface area contributed by atoms with E-state index in [4.69, 9.17) is 5.11 Å². The van der Waals surface area contributed by atoms with Gasteiger partial charge in [-0.1, -0.05) is 0 Å². The largest absolute Gasteiger partial charge is 0.504 e. The molecule has 0 aliphatic heterocycles. The van der Waals surface area contributed by atoms with Crippen LogP contribution in [0.1, 0.15) is 6.92 Å². The van der Waals surface area contributed by atoms with Gasteiger partial charge in [-0.05, 0) is 12.5 Å². The first kappa shape index (κ1) is 6.50. The molecule has 0 fully saturated rings. The van der Waals surface area contributed by atoms with Crippen LogP contribution in [-0.4, -0.2) is 18.8 Å². The van der Waals surface area contributed by atoms with E-state index in [1.807, 2.05) is 0 Å². The molecular formula is C5H10O2. The number of hydrogen-bond donors (Lipinski definition) is 1. The lowest BCUT2D eigenvalue weighted by molar-refractivity contribution is 0.301. The topological polar surface area (TPSA) is 29.5 Å². The molecule has 0 aromatic heterocycles. The Morgan fingerprint density at radius 2 is 2.43 bits per heavy atom. The summed E-state index contributed by atoms with van der Waals surface area (Å²) in [7, 11) is 1.55. The Morgan fingerprint density at radius 1 is 1.86 bits per heavy atom. The van der Waals surface area contributed by atoms with Gasteiger partial charge < -0.3 is 9.84 Å². The molecule has 42 valence electrons. The van der Waals surface area contributed by atoms with Gasteiger partial charge in [-0.15, -0.1) is 0 Å². The number of rotatable bonds is 2. The minimum Gasteiger partial charge on any atom is -0.504 e. The smallest absolute Gasteiger partial charge is 0.0836 e. The predicted molar refractivity (Wildman–Crippen MR) is 27.9 cm³/mol. The summed E-state index contributed by atoms with van der Waals surface area (Å²) in [5.74, 6) is 0. The third-order valence-corrected chi connectivity index (χ3v) is 0.568. The van der Waals surface area contributed by atoms with Gasteiger partial charge in [0.25, 0.3) is 0 Å². The molecule has 0 aliphatic carbocycles. The zero-order valence-corrected chi connectivity index (χ0v) is 4.64. The monoisotopic (exact) mass is 102 g/mol. The fourth-order valence-electron chi connectivity index (χ4n) is 0.238. The molecule has 0 aromatic carbocycles. The Morgan fingerprint density at radius 3 is 2.57 bits per heavy atom. The van der Waals surface area contributed by atoms with E-state index in [0.717, 1.165) is 5.57 Å². The summed E-state index contributed by atoms with van der Waals surface area (Å²) >= 11 is 0. The SMILES string of the molecule is CO/C=C(\C)CO. The molecule has 0 aliphatic rings. The molecule has 0 radical (unpaired) electrons. The van der Waals surface area contributed by atoms with Crippen molar-refractivity contribution >= 4 is 0 Å². The molecule has 0 amide bonds. The van der Waals surface area contributed by atoms with Crippen molar-refractivity contribution in [3.8, 4) is 0 Å². The Labute approximate surface area is 43.4 Å². The van der Waals surface area contributed by atoms with E-state index in [1.54, 1.807) is 14.0 Å². The Balaban J connectivity index is 3.29. The van der Waals surface area contributed by atoms with Crippen molar-refractivity contribution in [3.63, 3.8) is 0 Å². The van der Waals surface area contributed by atoms with E-state index < -0.39 is 0 Å². The summed E-state index contributed by atoms with van der Waals surface area (Å²) in [6, 6.07) is 0. The average Bonchev–Trinajstić information content (AvgIpc) is 1.68. The first-order valence-electron chi connectivity index (χ1n) is 2.10. The third-order valence-electron chi connectivity index (χ3n) is 0.568. The van der Waals surface area contributed by atoms with E-state index >= 15 is 0 Å². The minimum atomic E-state index is 0.0772. The molecular weight excluding hydrogens is 92.1 g/mol. The second kappa shape index (κ2) is 3.68. The van der Waals surface area contributed by atoms with E-state index in [1.165, 1.54) is 6.26 Å². The van der Waals surface area contributed by atoms with Gasteiger partial charge in [0.15, 0.2) is 0 Å². The quantitative estimate of drug-likeness (QED) is 0.515. The van der Waals surface area contributed by atoms with Crippen molar-refractivity contribution in [2.24, 2.45) is 0 Å². The Kier molecular flexibility index (Phi) is 3.42. The highest BCUT2D eigenvalue weighted by Crippen LogP contribution is 1.86. The highest BCUT2D eigenvalue weighted by molar-refractivity contribution is 4.91. The van der Waals surface area contributed by atoms with Crippen LogP contribution in [0.2, 0.25) is 0 Å². The van der Waals surface area contributed by atoms with E-state index in [-0.39, 0.29) is 6.61 Å². The van der Waals surface area contributed by atoms with Crippen LogP contribution in [0, 0.1) is 0 Å². The maximum Gasteiger partial charge on any atom is 0.0836 e. The van der Waals surface area contributed by atoms with Gasteiger partial charge in [-0.3, -0.25) is 0 Å². The van der Waals surface area contributed by atoms with Gasteiger partial charge in [0.2, 0.25) is 0 Å². The van der Waals surface area contributed by atoms with Gasteiger partial charge in [0.05, 0.1) is 20.0 Å². The van der Waals surface area contributed by atoms with Crippen molar-refractivity contribution in [3.05, 3.63) is 11.8 Å². The maximum absolute atomic E-state index is 8.32. The number of aliphatic hydroxyl groups is 1. The van der Waals surface area contributed by atoms with Crippen molar-refractivity contribution < 1.29 is 9.84 Å². The minimum absolute atomic E-state index is 0.0772. The predicted octanol–water partition coefficient (Wildman–Crippen LogP) is 0.529. The molecule has 0 unspecified atom stereocenters. The first-order chi connectivity index (χ1) is 3.31. The standard InChI is InChI=1S/C5H10O2/c1-5(3-6)4-7-2/h4,6H,3H2,1-2H3/b5-4+. The maximum atomic E-state index is 8.32. The molecule has 0 saturated carbocycles. The highest BCUT2D eigenvalue weighted by atomic mass is 16.5. The van der Waals surface area contributed by atoms with Crippen LogP contribution in [0.25, 0.3) is 0 Å². The summed E-state index contributed by atoms with van der Waals surface area (Å²) < 4.78 is 4.57.